The predicted molar refractivity (Wildman–Crippen MR) is 99.5 cm³/mol. The van der Waals surface area contributed by atoms with Crippen LogP contribution in [0.5, 0.6) is 11.5 Å². The minimum Gasteiger partial charge on any atom is -0.493 e. The quantitative estimate of drug-likeness (QED) is 0.674. The van der Waals surface area contributed by atoms with Crippen LogP contribution in [0.2, 0.25) is 0 Å². The molecule has 1 aliphatic heterocycles. The number of benzene rings is 1. The molecule has 1 aromatic heterocycles. The molecule has 1 amide bonds. The molecule has 9 heteroatoms. The third-order valence-corrected chi connectivity index (χ3v) is 4.39. The van der Waals surface area contributed by atoms with Gasteiger partial charge >= 0.3 is 0 Å². The number of hydrogen-bond acceptors (Lipinski definition) is 7. The highest BCUT2D eigenvalue weighted by molar-refractivity contribution is 6.02. The first-order valence-corrected chi connectivity index (χ1v) is 8.95. The number of carbonyl (C=O) groups is 1. The van der Waals surface area contributed by atoms with Gasteiger partial charge in [0.1, 0.15) is 6.61 Å². The fourth-order valence-corrected chi connectivity index (χ4v) is 2.93. The van der Waals surface area contributed by atoms with Crippen molar-refractivity contribution >= 4 is 11.6 Å². The van der Waals surface area contributed by atoms with Gasteiger partial charge in [0, 0.05) is 18.9 Å². The van der Waals surface area contributed by atoms with E-state index in [0.29, 0.717) is 30.4 Å². The Morgan fingerprint density at radius 2 is 2.07 bits per heavy atom. The summed E-state index contributed by atoms with van der Waals surface area (Å²) in [4.78, 5) is 12.5. The molecule has 2 heterocycles. The molecular formula is C18H25N5O4. The van der Waals surface area contributed by atoms with Crippen LogP contribution in [0.15, 0.2) is 24.4 Å². The third-order valence-electron chi connectivity index (χ3n) is 4.39. The zero-order valence-corrected chi connectivity index (χ0v) is 15.6. The van der Waals surface area contributed by atoms with E-state index in [4.69, 9.17) is 14.2 Å². The van der Waals surface area contributed by atoms with Crippen molar-refractivity contribution in [3.8, 4) is 11.5 Å². The van der Waals surface area contributed by atoms with Gasteiger partial charge in [-0.2, -0.15) is 0 Å². The summed E-state index contributed by atoms with van der Waals surface area (Å²) in [6, 6.07) is 5.48. The molecule has 0 saturated carbocycles. The lowest BCUT2D eigenvalue weighted by atomic mass is 10.1. The Balaban J connectivity index is 1.66. The second-order valence-electron chi connectivity index (χ2n) is 6.23. The zero-order chi connectivity index (χ0) is 19.1. The lowest BCUT2D eigenvalue weighted by Gasteiger charge is -2.22. The lowest BCUT2D eigenvalue weighted by Crippen LogP contribution is -2.29. The summed E-state index contributed by atoms with van der Waals surface area (Å²) in [6.45, 7) is 2.74. The standard InChI is InChI=1S/C18H25N5O4/c1-25-9-10-27-17-11-13(3-4-16(17)26-2)20-18(24)15-12-23(22-21-15)14-5-7-19-8-6-14/h3-4,11-12,14,19H,5-10H2,1-2H3,(H,20,24). The predicted octanol–water partition coefficient (Wildman–Crippen LogP) is 1.49. The molecule has 146 valence electrons. The average molecular weight is 375 g/mol. The molecule has 0 unspecified atom stereocenters. The summed E-state index contributed by atoms with van der Waals surface area (Å²) in [5, 5.41) is 14.3. The number of nitrogens with one attached hydrogen (secondary N) is 2. The van der Waals surface area contributed by atoms with Gasteiger partial charge < -0.3 is 24.8 Å². The van der Waals surface area contributed by atoms with E-state index >= 15 is 0 Å². The number of hydrogen-bond donors (Lipinski definition) is 2. The summed E-state index contributed by atoms with van der Waals surface area (Å²) < 4.78 is 17.7. The van der Waals surface area contributed by atoms with Crippen molar-refractivity contribution in [1.82, 2.24) is 20.3 Å². The summed E-state index contributed by atoms with van der Waals surface area (Å²) in [5.74, 6) is 0.801. The van der Waals surface area contributed by atoms with Crippen LogP contribution < -0.4 is 20.1 Å². The minimum absolute atomic E-state index is 0.280. The number of piperidine rings is 1. The van der Waals surface area contributed by atoms with Gasteiger partial charge in [0.15, 0.2) is 17.2 Å². The first-order chi connectivity index (χ1) is 13.2. The van der Waals surface area contributed by atoms with Crippen molar-refractivity contribution in [2.24, 2.45) is 0 Å². The Morgan fingerprint density at radius 1 is 1.26 bits per heavy atom. The highest BCUT2D eigenvalue weighted by atomic mass is 16.5. The number of carbonyl (C=O) groups excluding carboxylic acids is 1. The molecule has 3 rings (SSSR count). The van der Waals surface area contributed by atoms with Gasteiger partial charge in [-0.25, -0.2) is 4.68 Å². The Morgan fingerprint density at radius 3 is 2.81 bits per heavy atom. The van der Waals surface area contributed by atoms with Crippen molar-refractivity contribution in [3.05, 3.63) is 30.1 Å². The molecule has 0 radical (unpaired) electrons. The molecule has 1 aromatic carbocycles. The molecule has 2 N–H and O–H groups in total. The maximum Gasteiger partial charge on any atom is 0.277 e. The Hall–Kier alpha value is -2.65. The minimum atomic E-state index is -0.316. The number of rotatable bonds is 8. The van der Waals surface area contributed by atoms with E-state index in [0.717, 1.165) is 25.9 Å². The van der Waals surface area contributed by atoms with E-state index in [2.05, 4.69) is 20.9 Å². The maximum absolute atomic E-state index is 12.5. The van der Waals surface area contributed by atoms with E-state index in [9.17, 15) is 4.79 Å². The molecule has 1 aliphatic rings. The number of methoxy groups -OCH3 is 2. The summed E-state index contributed by atoms with van der Waals surface area (Å²) in [6.07, 6.45) is 3.65. The molecule has 0 atom stereocenters. The van der Waals surface area contributed by atoms with Gasteiger partial charge in [0.25, 0.3) is 5.91 Å². The number of anilines is 1. The van der Waals surface area contributed by atoms with Crippen LogP contribution in [0.4, 0.5) is 5.69 Å². The number of nitrogens with zero attached hydrogens (tertiary/aromatic N) is 3. The third kappa shape index (κ3) is 4.95. The highest BCUT2D eigenvalue weighted by Gasteiger charge is 2.19. The molecule has 9 nitrogen and oxygen atoms in total. The molecular weight excluding hydrogens is 350 g/mol. The topological polar surface area (TPSA) is 99.5 Å². The van der Waals surface area contributed by atoms with Gasteiger partial charge in [-0.15, -0.1) is 5.10 Å². The maximum atomic E-state index is 12.5. The Bertz CT molecular complexity index is 758. The van der Waals surface area contributed by atoms with E-state index in [1.54, 1.807) is 43.3 Å². The molecule has 0 bridgehead atoms. The van der Waals surface area contributed by atoms with Crippen molar-refractivity contribution in [3.63, 3.8) is 0 Å². The van der Waals surface area contributed by atoms with E-state index in [1.807, 2.05) is 0 Å². The van der Waals surface area contributed by atoms with Crippen LogP contribution in [0.1, 0.15) is 29.4 Å². The van der Waals surface area contributed by atoms with Crippen molar-refractivity contribution in [2.45, 2.75) is 18.9 Å². The first-order valence-electron chi connectivity index (χ1n) is 8.95. The van der Waals surface area contributed by atoms with Crippen LogP contribution in [0.3, 0.4) is 0 Å². The second-order valence-corrected chi connectivity index (χ2v) is 6.23. The Kier molecular flexibility index (Phi) is 6.61. The molecule has 27 heavy (non-hydrogen) atoms. The number of amides is 1. The summed E-state index contributed by atoms with van der Waals surface area (Å²) in [7, 11) is 3.17. The van der Waals surface area contributed by atoms with Crippen molar-refractivity contribution < 1.29 is 19.0 Å². The summed E-state index contributed by atoms with van der Waals surface area (Å²) in [5.41, 5.74) is 0.871. The normalized spacial score (nSPS) is 14.7. The smallest absolute Gasteiger partial charge is 0.277 e. The highest BCUT2D eigenvalue weighted by Crippen LogP contribution is 2.30. The van der Waals surface area contributed by atoms with Gasteiger partial charge in [-0.05, 0) is 38.1 Å². The van der Waals surface area contributed by atoms with Crippen LogP contribution in [-0.2, 0) is 4.74 Å². The Labute approximate surface area is 158 Å². The van der Waals surface area contributed by atoms with Crippen LogP contribution in [-0.4, -0.2) is 61.4 Å². The fraction of sp³-hybridized carbons (Fsp3) is 0.500. The average Bonchev–Trinajstić information content (AvgIpc) is 3.20. The monoisotopic (exact) mass is 375 g/mol. The van der Waals surface area contributed by atoms with Gasteiger partial charge in [0.2, 0.25) is 0 Å². The van der Waals surface area contributed by atoms with Gasteiger partial charge in [-0.1, -0.05) is 5.21 Å². The zero-order valence-electron chi connectivity index (χ0n) is 15.6. The van der Waals surface area contributed by atoms with Crippen LogP contribution in [0, 0.1) is 0 Å². The van der Waals surface area contributed by atoms with Crippen LogP contribution in [0.25, 0.3) is 0 Å². The van der Waals surface area contributed by atoms with E-state index in [-0.39, 0.29) is 17.6 Å². The van der Waals surface area contributed by atoms with Crippen molar-refractivity contribution in [1.29, 1.82) is 0 Å². The number of ether oxygens (including phenoxy) is 3. The second kappa shape index (κ2) is 9.33. The van der Waals surface area contributed by atoms with Crippen LogP contribution >= 0.6 is 0 Å². The van der Waals surface area contributed by atoms with Gasteiger partial charge in [-0.3, -0.25) is 4.79 Å². The first kappa shape index (κ1) is 19.1. The largest absolute Gasteiger partial charge is 0.493 e. The lowest BCUT2D eigenvalue weighted by molar-refractivity contribution is 0.102. The SMILES string of the molecule is COCCOc1cc(NC(=O)c2cn(C3CCNCC3)nn2)ccc1OC. The van der Waals surface area contributed by atoms with Gasteiger partial charge in [0.05, 0.1) is 26.0 Å². The number of aromatic nitrogens is 3. The molecule has 2 aromatic rings. The molecule has 0 aliphatic carbocycles. The molecule has 0 spiro atoms. The summed E-state index contributed by atoms with van der Waals surface area (Å²) >= 11 is 0. The molecule has 1 fully saturated rings. The van der Waals surface area contributed by atoms with E-state index < -0.39 is 0 Å². The molecule has 1 saturated heterocycles. The van der Waals surface area contributed by atoms with E-state index in [1.165, 1.54) is 0 Å². The van der Waals surface area contributed by atoms with Crippen molar-refractivity contribution in [2.75, 3.05) is 45.8 Å². The fourth-order valence-electron chi connectivity index (χ4n) is 2.93.